The van der Waals surface area contributed by atoms with Crippen molar-refractivity contribution in [1.29, 1.82) is 0 Å². The predicted octanol–water partition coefficient (Wildman–Crippen LogP) is 4.36. The van der Waals surface area contributed by atoms with E-state index in [1.807, 2.05) is 0 Å². The highest BCUT2D eigenvalue weighted by molar-refractivity contribution is 6.04. The van der Waals surface area contributed by atoms with Gasteiger partial charge in [-0.15, -0.1) is 0 Å². The summed E-state index contributed by atoms with van der Waals surface area (Å²) < 4.78 is 11.0. The summed E-state index contributed by atoms with van der Waals surface area (Å²) in [5.41, 5.74) is -0.108. The Balaban J connectivity index is 1.72. The van der Waals surface area contributed by atoms with Crippen LogP contribution in [-0.4, -0.2) is 35.2 Å². The molecule has 3 rings (SSSR count). The minimum absolute atomic E-state index is 0.0257. The first-order valence-corrected chi connectivity index (χ1v) is 9.84. The summed E-state index contributed by atoms with van der Waals surface area (Å²) in [6, 6.07) is 4.01. The molecular weight excluding hydrogens is 348 g/mol. The van der Waals surface area contributed by atoms with Crippen molar-refractivity contribution < 1.29 is 29.0 Å². The van der Waals surface area contributed by atoms with Crippen molar-refractivity contribution in [3.63, 3.8) is 0 Å². The summed E-state index contributed by atoms with van der Waals surface area (Å²) >= 11 is 0. The Morgan fingerprint density at radius 1 is 0.741 bits per heavy atom. The van der Waals surface area contributed by atoms with Crippen molar-refractivity contribution in [2.75, 3.05) is 0 Å². The van der Waals surface area contributed by atoms with E-state index in [0.29, 0.717) is 0 Å². The van der Waals surface area contributed by atoms with Crippen LogP contribution in [0.1, 0.15) is 95.3 Å². The minimum atomic E-state index is -1.27. The molecule has 0 heterocycles. The largest absolute Gasteiger partial charge is 0.478 e. The molecule has 0 amide bonds. The van der Waals surface area contributed by atoms with E-state index in [-0.39, 0.29) is 28.9 Å². The molecule has 2 aliphatic rings. The Bertz CT molecular complexity index is 699. The minimum Gasteiger partial charge on any atom is -0.478 e. The fraction of sp³-hybridized carbons (Fsp3) is 0.571. The van der Waals surface area contributed by atoms with Gasteiger partial charge in [-0.05, 0) is 69.6 Å². The number of ether oxygens (including phenoxy) is 2. The van der Waals surface area contributed by atoms with E-state index in [1.165, 1.54) is 18.2 Å². The molecule has 1 N–H and O–H groups in total. The average molecular weight is 374 g/mol. The van der Waals surface area contributed by atoms with E-state index in [0.717, 1.165) is 64.2 Å². The van der Waals surface area contributed by atoms with Gasteiger partial charge in [-0.2, -0.15) is 0 Å². The van der Waals surface area contributed by atoms with Crippen LogP contribution in [0.25, 0.3) is 0 Å². The zero-order valence-corrected chi connectivity index (χ0v) is 15.4. The van der Waals surface area contributed by atoms with E-state index in [9.17, 15) is 19.5 Å². The number of esters is 2. The molecule has 0 atom stereocenters. The van der Waals surface area contributed by atoms with Crippen LogP contribution in [0.15, 0.2) is 18.2 Å². The van der Waals surface area contributed by atoms with Gasteiger partial charge in [0.15, 0.2) is 0 Å². The van der Waals surface area contributed by atoms with Gasteiger partial charge in [-0.3, -0.25) is 0 Å². The van der Waals surface area contributed by atoms with Crippen LogP contribution < -0.4 is 0 Å². The standard InChI is InChI=1S/C21H26O6/c22-19(23)18-13-14(20(24)26-15-7-3-1-4-8-15)11-12-17(18)21(25)27-16-9-5-2-6-10-16/h11-13,15-16H,1-10H2,(H,22,23). The number of rotatable bonds is 5. The number of carbonyl (C=O) groups is 3. The van der Waals surface area contributed by atoms with Crippen molar-refractivity contribution >= 4 is 17.9 Å². The molecule has 0 radical (unpaired) electrons. The number of benzene rings is 1. The summed E-state index contributed by atoms with van der Waals surface area (Å²) in [6.07, 6.45) is 9.37. The third-order valence-corrected chi connectivity index (χ3v) is 5.36. The lowest BCUT2D eigenvalue weighted by atomic mass is 9.97. The zero-order chi connectivity index (χ0) is 19.2. The second kappa shape index (κ2) is 9.02. The molecule has 146 valence electrons. The molecule has 1 aromatic rings. The fourth-order valence-electron chi connectivity index (χ4n) is 3.83. The van der Waals surface area contributed by atoms with Crippen molar-refractivity contribution in [3.8, 4) is 0 Å². The normalized spacial score (nSPS) is 18.7. The van der Waals surface area contributed by atoms with Gasteiger partial charge in [0, 0.05) is 0 Å². The molecule has 27 heavy (non-hydrogen) atoms. The second-order valence-electron chi connectivity index (χ2n) is 7.40. The summed E-state index contributed by atoms with van der Waals surface area (Å²) in [5.74, 6) is -2.46. The second-order valence-corrected chi connectivity index (χ2v) is 7.40. The number of aromatic carboxylic acids is 1. The highest BCUT2D eigenvalue weighted by Gasteiger charge is 2.25. The maximum atomic E-state index is 12.4. The first kappa shape index (κ1) is 19.4. The van der Waals surface area contributed by atoms with Gasteiger partial charge in [-0.25, -0.2) is 14.4 Å². The first-order chi connectivity index (χ1) is 13.0. The van der Waals surface area contributed by atoms with Gasteiger partial charge in [0.1, 0.15) is 12.2 Å². The van der Waals surface area contributed by atoms with Crippen molar-refractivity contribution in [2.45, 2.75) is 76.4 Å². The lowest BCUT2D eigenvalue weighted by molar-refractivity contribution is 0.0194. The van der Waals surface area contributed by atoms with E-state index >= 15 is 0 Å². The summed E-state index contributed by atoms with van der Waals surface area (Å²) in [6.45, 7) is 0. The lowest BCUT2D eigenvalue weighted by Gasteiger charge is -2.22. The van der Waals surface area contributed by atoms with Gasteiger partial charge in [0.2, 0.25) is 0 Å². The molecular formula is C21H26O6. The SMILES string of the molecule is O=C(OC1CCCCC1)c1ccc(C(=O)OC2CCCCC2)c(C(=O)O)c1. The monoisotopic (exact) mass is 374 g/mol. The molecule has 2 saturated carbocycles. The molecule has 0 unspecified atom stereocenters. The Kier molecular flexibility index (Phi) is 6.48. The van der Waals surface area contributed by atoms with Crippen molar-refractivity contribution in [1.82, 2.24) is 0 Å². The lowest BCUT2D eigenvalue weighted by Crippen LogP contribution is -2.23. The average Bonchev–Trinajstić information content (AvgIpc) is 2.69. The van der Waals surface area contributed by atoms with Gasteiger partial charge >= 0.3 is 17.9 Å². The quantitative estimate of drug-likeness (QED) is 0.770. The summed E-state index contributed by atoms with van der Waals surface area (Å²) in [4.78, 5) is 36.4. The maximum absolute atomic E-state index is 12.4. The summed E-state index contributed by atoms with van der Waals surface area (Å²) in [7, 11) is 0. The van der Waals surface area contributed by atoms with Crippen LogP contribution >= 0.6 is 0 Å². The van der Waals surface area contributed by atoms with Crippen LogP contribution in [0.5, 0.6) is 0 Å². The molecule has 1 aromatic carbocycles. The zero-order valence-electron chi connectivity index (χ0n) is 15.4. The topological polar surface area (TPSA) is 89.9 Å². The highest BCUT2D eigenvalue weighted by atomic mass is 16.5. The van der Waals surface area contributed by atoms with Crippen LogP contribution in [0.4, 0.5) is 0 Å². The van der Waals surface area contributed by atoms with Crippen LogP contribution in [0.2, 0.25) is 0 Å². The number of hydrogen-bond acceptors (Lipinski definition) is 5. The Labute approximate surface area is 158 Å². The molecule has 6 nitrogen and oxygen atoms in total. The van der Waals surface area contributed by atoms with Crippen molar-refractivity contribution in [2.24, 2.45) is 0 Å². The van der Waals surface area contributed by atoms with E-state index in [1.54, 1.807) is 0 Å². The molecule has 2 fully saturated rings. The predicted molar refractivity (Wildman–Crippen MR) is 98.0 cm³/mol. The maximum Gasteiger partial charge on any atom is 0.339 e. The van der Waals surface area contributed by atoms with Crippen molar-refractivity contribution in [3.05, 3.63) is 34.9 Å². The number of carboxylic acids is 1. The van der Waals surface area contributed by atoms with E-state index in [2.05, 4.69) is 0 Å². The molecule has 2 aliphatic carbocycles. The van der Waals surface area contributed by atoms with Gasteiger partial charge < -0.3 is 14.6 Å². The Morgan fingerprint density at radius 3 is 1.78 bits per heavy atom. The molecule has 0 spiro atoms. The molecule has 6 heteroatoms. The van der Waals surface area contributed by atoms with Gasteiger partial charge in [0.05, 0.1) is 16.7 Å². The number of hydrogen-bond donors (Lipinski definition) is 1. The molecule has 0 saturated heterocycles. The van der Waals surface area contributed by atoms with E-state index in [4.69, 9.17) is 9.47 Å². The van der Waals surface area contributed by atoms with Crippen LogP contribution in [-0.2, 0) is 9.47 Å². The summed E-state index contributed by atoms with van der Waals surface area (Å²) in [5, 5.41) is 9.49. The van der Waals surface area contributed by atoms with E-state index < -0.39 is 17.9 Å². The number of carboxylic acid groups (broad SMARTS) is 1. The van der Waals surface area contributed by atoms with Gasteiger partial charge in [0.25, 0.3) is 0 Å². The van der Waals surface area contributed by atoms with Gasteiger partial charge in [-0.1, -0.05) is 12.8 Å². The molecule has 0 bridgehead atoms. The first-order valence-electron chi connectivity index (χ1n) is 9.84. The molecule has 0 aromatic heterocycles. The smallest absolute Gasteiger partial charge is 0.339 e. The molecule has 0 aliphatic heterocycles. The van der Waals surface area contributed by atoms with Crippen LogP contribution in [0, 0.1) is 0 Å². The third-order valence-electron chi connectivity index (χ3n) is 5.36. The van der Waals surface area contributed by atoms with Crippen LogP contribution in [0.3, 0.4) is 0 Å². The highest BCUT2D eigenvalue weighted by Crippen LogP contribution is 2.24. The number of carbonyl (C=O) groups excluding carboxylic acids is 2. The Morgan fingerprint density at radius 2 is 1.26 bits per heavy atom. The third kappa shape index (κ3) is 5.08. The Hall–Kier alpha value is -2.37. The fourth-order valence-corrected chi connectivity index (χ4v) is 3.83.